The highest BCUT2D eigenvalue weighted by Crippen LogP contribution is 2.38. The first-order chi connectivity index (χ1) is 14.6. The molecule has 2 fully saturated rings. The van der Waals surface area contributed by atoms with Crippen molar-refractivity contribution in [3.8, 4) is 11.5 Å². The number of nitrogens with zero attached hydrogens (tertiary/aromatic N) is 2. The molecule has 3 atom stereocenters. The Labute approximate surface area is 177 Å². The third-order valence-corrected chi connectivity index (χ3v) is 5.54. The highest BCUT2D eigenvalue weighted by molar-refractivity contribution is 6.30. The van der Waals surface area contributed by atoms with E-state index in [1.54, 1.807) is 31.4 Å². The second kappa shape index (κ2) is 7.86. The van der Waals surface area contributed by atoms with Crippen LogP contribution in [0.25, 0.3) is 10.9 Å². The molecule has 2 aromatic carbocycles. The van der Waals surface area contributed by atoms with E-state index >= 15 is 0 Å². The van der Waals surface area contributed by atoms with Gasteiger partial charge < -0.3 is 24.3 Å². The Kier molecular flexibility index (Phi) is 5.06. The van der Waals surface area contributed by atoms with Crippen molar-refractivity contribution in [2.75, 3.05) is 25.6 Å². The van der Waals surface area contributed by atoms with Gasteiger partial charge in [-0.15, -0.1) is 0 Å². The summed E-state index contributed by atoms with van der Waals surface area (Å²) in [6.07, 6.45) is 2.06. The molecule has 2 aliphatic heterocycles. The van der Waals surface area contributed by atoms with E-state index in [2.05, 4.69) is 15.3 Å². The molecular formula is C21H19ClFN3O4. The summed E-state index contributed by atoms with van der Waals surface area (Å²) >= 11 is 5.83. The van der Waals surface area contributed by atoms with Gasteiger partial charge in [0.05, 0.1) is 31.0 Å². The second-order valence-electron chi connectivity index (χ2n) is 7.14. The normalized spacial score (nSPS) is 22.8. The maximum Gasteiger partial charge on any atom is 0.164 e. The fourth-order valence-corrected chi connectivity index (χ4v) is 3.99. The molecule has 9 heteroatoms. The zero-order valence-corrected chi connectivity index (χ0v) is 16.9. The van der Waals surface area contributed by atoms with Gasteiger partial charge in [-0.1, -0.05) is 11.6 Å². The van der Waals surface area contributed by atoms with Crippen molar-refractivity contribution in [2.45, 2.75) is 24.7 Å². The first-order valence-corrected chi connectivity index (χ1v) is 9.95. The first kappa shape index (κ1) is 19.3. The van der Waals surface area contributed by atoms with Gasteiger partial charge in [-0.3, -0.25) is 0 Å². The van der Waals surface area contributed by atoms with Crippen molar-refractivity contribution >= 4 is 34.0 Å². The number of anilines is 2. The van der Waals surface area contributed by atoms with E-state index in [1.807, 2.05) is 0 Å². The standard InChI is InChI=1S/C21H19ClFN3O4/c1-27-17-7-12-15(8-18(17)30-19-9-29-16-4-5-28-20(16)19)24-10-25-21(12)26-14-3-2-11(22)6-13(14)23/h2-3,6-8,10,16,19-20H,4-5,9H2,1H3,(H,24,25,26). The van der Waals surface area contributed by atoms with Gasteiger partial charge in [-0.2, -0.15) is 0 Å². The number of rotatable bonds is 5. The molecule has 0 bridgehead atoms. The van der Waals surface area contributed by atoms with Crippen molar-refractivity contribution in [3.05, 3.63) is 47.5 Å². The summed E-state index contributed by atoms with van der Waals surface area (Å²) in [6.45, 7) is 1.14. The van der Waals surface area contributed by atoms with Gasteiger partial charge in [0.15, 0.2) is 17.6 Å². The van der Waals surface area contributed by atoms with Crippen LogP contribution in [0.3, 0.4) is 0 Å². The minimum absolute atomic E-state index is 0.0776. The van der Waals surface area contributed by atoms with Crippen LogP contribution < -0.4 is 14.8 Å². The Balaban J connectivity index is 1.48. The molecule has 2 saturated heterocycles. The molecular weight excluding hydrogens is 413 g/mol. The molecule has 0 spiro atoms. The van der Waals surface area contributed by atoms with Gasteiger partial charge in [0.2, 0.25) is 0 Å². The highest BCUT2D eigenvalue weighted by atomic mass is 35.5. The van der Waals surface area contributed by atoms with E-state index in [9.17, 15) is 4.39 Å². The molecule has 3 aromatic rings. The lowest BCUT2D eigenvalue weighted by Gasteiger charge is -2.20. The van der Waals surface area contributed by atoms with E-state index in [-0.39, 0.29) is 24.0 Å². The summed E-state index contributed by atoms with van der Waals surface area (Å²) in [4.78, 5) is 8.59. The van der Waals surface area contributed by atoms with Crippen molar-refractivity contribution < 1.29 is 23.3 Å². The molecule has 156 valence electrons. The Bertz CT molecular complexity index is 1100. The Morgan fingerprint density at radius 1 is 1.17 bits per heavy atom. The molecule has 3 heterocycles. The number of ether oxygens (including phenoxy) is 4. The predicted octanol–water partition coefficient (Wildman–Crippen LogP) is 4.11. The Morgan fingerprint density at radius 2 is 2.07 bits per heavy atom. The molecule has 2 aliphatic rings. The average molecular weight is 432 g/mol. The minimum atomic E-state index is -0.478. The van der Waals surface area contributed by atoms with Crippen LogP contribution in [0.1, 0.15) is 6.42 Å². The Morgan fingerprint density at radius 3 is 2.90 bits per heavy atom. The first-order valence-electron chi connectivity index (χ1n) is 9.57. The summed E-state index contributed by atoms with van der Waals surface area (Å²) in [6, 6.07) is 7.94. The second-order valence-corrected chi connectivity index (χ2v) is 7.58. The molecule has 0 amide bonds. The molecule has 5 rings (SSSR count). The van der Waals surface area contributed by atoms with Crippen LogP contribution in [-0.2, 0) is 9.47 Å². The van der Waals surface area contributed by atoms with E-state index < -0.39 is 5.82 Å². The number of benzene rings is 2. The van der Waals surface area contributed by atoms with Crippen LogP contribution in [0.4, 0.5) is 15.9 Å². The molecule has 1 N–H and O–H groups in total. The maximum absolute atomic E-state index is 14.2. The monoisotopic (exact) mass is 431 g/mol. The molecule has 30 heavy (non-hydrogen) atoms. The third kappa shape index (κ3) is 3.51. The predicted molar refractivity (Wildman–Crippen MR) is 109 cm³/mol. The summed E-state index contributed by atoms with van der Waals surface area (Å²) in [7, 11) is 1.56. The molecule has 3 unspecified atom stereocenters. The number of fused-ring (bicyclic) bond motifs is 2. The maximum atomic E-state index is 14.2. The lowest BCUT2D eigenvalue weighted by molar-refractivity contribution is 0.0298. The molecule has 0 radical (unpaired) electrons. The Hall–Kier alpha value is -2.68. The van der Waals surface area contributed by atoms with E-state index in [0.717, 1.165) is 6.42 Å². The quantitative estimate of drug-likeness (QED) is 0.651. The highest BCUT2D eigenvalue weighted by Gasteiger charge is 2.43. The lowest BCUT2D eigenvalue weighted by Crippen LogP contribution is -2.32. The van der Waals surface area contributed by atoms with Crippen LogP contribution in [0.2, 0.25) is 5.02 Å². The van der Waals surface area contributed by atoms with Gasteiger partial charge in [0.25, 0.3) is 0 Å². The fourth-order valence-electron chi connectivity index (χ4n) is 3.83. The van der Waals surface area contributed by atoms with Gasteiger partial charge in [0, 0.05) is 23.1 Å². The SMILES string of the molecule is COc1cc2c(Nc3ccc(Cl)cc3F)ncnc2cc1OC1COC2CCOC21. The van der Waals surface area contributed by atoms with Crippen LogP contribution >= 0.6 is 11.6 Å². The van der Waals surface area contributed by atoms with Crippen molar-refractivity contribution in [2.24, 2.45) is 0 Å². The lowest BCUT2D eigenvalue weighted by atomic mass is 10.1. The summed E-state index contributed by atoms with van der Waals surface area (Å²) in [5.41, 5.74) is 0.881. The van der Waals surface area contributed by atoms with E-state index in [4.69, 9.17) is 30.5 Å². The van der Waals surface area contributed by atoms with Gasteiger partial charge >= 0.3 is 0 Å². The zero-order chi connectivity index (χ0) is 20.7. The van der Waals surface area contributed by atoms with Crippen molar-refractivity contribution in [1.82, 2.24) is 9.97 Å². The van der Waals surface area contributed by atoms with E-state index in [0.29, 0.717) is 46.5 Å². The fraction of sp³-hybridized carbons (Fsp3) is 0.333. The molecule has 1 aromatic heterocycles. The number of nitrogens with one attached hydrogen (secondary N) is 1. The number of hydrogen-bond acceptors (Lipinski definition) is 7. The molecule has 0 aliphatic carbocycles. The molecule has 0 saturated carbocycles. The van der Waals surface area contributed by atoms with Crippen LogP contribution in [-0.4, -0.2) is 48.6 Å². The van der Waals surface area contributed by atoms with E-state index in [1.165, 1.54) is 12.4 Å². The number of halogens is 2. The van der Waals surface area contributed by atoms with Crippen molar-refractivity contribution in [1.29, 1.82) is 0 Å². The summed E-state index contributed by atoms with van der Waals surface area (Å²) < 4.78 is 37.5. The van der Waals surface area contributed by atoms with Crippen LogP contribution in [0.15, 0.2) is 36.7 Å². The van der Waals surface area contributed by atoms with Gasteiger partial charge in [-0.05, 0) is 30.7 Å². The van der Waals surface area contributed by atoms with Gasteiger partial charge in [0.1, 0.15) is 24.1 Å². The smallest absolute Gasteiger partial charge is 0.164 e. The van der Waals surface area contributed by atoms with Crippen LogP contribution in [0.5, 0.6) is 11.5 Å². The van der Waals surface area contributed by atoms with Gasteiger partial charge in [-0.25, -0.2) is 14.4 Å². The summed E-state index contributed by atoms with van der Waals surface area (Å²) in [5, 5.41) is 3.97. The number of aromatic nitrogens is 2. The van der Waals surface area contributed by atoms with Crippen molar-refractivity contribution in [3.63, 3.8) is 0 Å². The third-order valence-electron chi connectivity index (χ3n) is 5.30. The largest absolute Gasteiger partial charge is 0.493 e. The average Bonchev–Trinajstić information content (AvgIpc) is 3.35. The zero-order valence-electron chi connectivity index (χ0n) is 16.1. The summed E-state index contributed by atoms with van der Waals surface area (Å²) in [5.74, 6) is 1.01. The van der Waals surface area contributed by atoms with Crippen LogP contribution in [0, 0.1) is 5.82 Å². The number of hydrogen-bond donors (Lipinski definition) is 1. The minimum Gasteiger partial charge on any atom is -0.493 e. The topological polar surface area (TPSA) is 74.7 Å². The molecule has 7 nitrogen and oxygen atoms in total. The number of methoxy groups -OCH3 is 1.